The normalized spacial score (nSPS) is 17.6. The molecule has 27 heavy (non-hydrogen) atoms. The summed E-state index contributed by atoms with van der Waals surface area (Å²) in [4.78, 5) is 14.8. The fourth-order valence-electron chi connectivity index (χ4n) is 3.53. The number of hydrogen-bond donors (Lipinski definition) is 0. The van der Waals surface area contributed by atoms with E-state index in [1.807, 2.05) is 23.4 Å². The van der Waals surface area contributed by atoms with E-state index in [-0.39, 0.29) is 17.8 Å². The lowest BCUT2D eigenvalue weighted by atomic mass is 10.1. The molecule has 0 bridgehead atoms. The monoisotopic (exact) mass is 373 g/mol. The molecular formula is C21H28FN3O2. The maximum absolute atomic E-state index is 13.1. The number of carbonyl (C=O) groups excluding carboxylic acids is 1. The number of aromatic nitrogens is 2. The quantitative estimate of drug-likeness (QED) is 0.807. The number of amides is 1. The highest BCUT2D eigenvalue weighted by molar-refractivity contribution is 5.79. The Morgan fingerprint density at radius 3 is 2.67 bits per heavy atom. The molecule has 1 aliphatic rings. The van der Waals surface area contributed by atoms with Gasteiger partial charge in [0.2, 0.25) is 5.91 Å². The number of carbonyl (C=O) groups is 1. The molecule has 2 heterocycles. The van der Waals surface area contributed by atoms with Crippen LogP contribution in [0.25, 0.3) is 0 Å². The first kappa shape index (κ1) is 19.5. The molecule has 0 N–H and O–H groups in total. The minimum Gasteiger partial charge on any atom is -0.370 e. The molecule has 1 fully saturated rings. The van der Waals surface area contributed by atoms with E-state index in [0.29, 0.717) is 32.0 Å². The minimum absolute atomic E-state index is 0.0840. The lowest BCUT2D eigenvalue weighted by Crippen LogP contribution is -2.43. The molecule has 6 heteroatoms. The molecule has 1 saturated heterocycles. The molecule has 0 saturated carbocycles. The number of morpholine rings is 1. The number of ether oxygens (including phenoxy) is 1. The number of aryl methyl sites for hydroxylation is 1. The summed E-state index contributed by atoms with van der Waals surface area (Å²) in [5, 5.41) is 4.61. The Balaban J connectivity index is 1.69. The van der Waals surface area contributed by atoms with Gasteiger partial charge in [0.1, 0.15) is 11.9 Å². The Kier molecular flexibility index (Phi) is 5.95. The SMILES string of the molecule is Cc1nn(CC(C)C)c(C)c1CC(=O)N1CCOC(c2ccc(F)cc2)C1. The van der Waals surface area contributed by atoms with Crippen molar-refractivity contribution in [3.8, 4) is 0 Å². The smallest absolute Gasteiger partial charge is 0.227 e. The van der Waals surface area contributed by atoms with Crippen molar-refractivity contribution in [2.24, 2.45) is 5.92 Å². The van der Waals surface area contributed by atoms with Crippen LogP contribution in [0.1, 0.15) is 42.5 Å². The summed E-state index contributed by atoms with van der Waals surface area (Å²) >= 11 is 0. The zero-order chi connectivity index (χ0) is 19.6. The van der Waals surface area contributed by atoms with Gasteiger partial charge in [-0.15, -0.1) is 0 Å². The lowest BCUT2D eigenvalue weighted by Gasteiger charge is -2.33. The third kappa shape index (κ3) is 4.56. The van der Waals surface area contributed by atoms with Crippen molar-refractivity contribution >= 4 is 5.91 Å². The number of halogens is 1. The van der Waals surface area contributed by atoms with Crippen LogP contribution in [-0.2, 0) is 22.5 Å². The molecule has 0 radical (unpaired) electrons. The second-order valence-electron chi connectivity index (χ2n) is 7.65. The summed E-state index contributed by atoms with van der Waals surface area (Å²) in [6.45, 7) is 10.7. The molecule has 1 aromatic carbocycles. The fourth-order valence-corrected chi connectivity index (χ4v) is 3.53. The van der Waals surface area contributed by atoms with E-state index in [0.717, 1.165) is 29.1 Å². The van der Waals surface area contributed by atoms with Gasteiger partial charge in [-0.2, -0.15) is 5.10 Å². The van der Waals surface area contributed by atoms with Crippen LogP contribution in [-0.4, -0.2) is 40.3 Å². The third-order valence-corrected chi connectivity index (χ3v) is 5.06. The number of nitrogens with zero attached hydrogens (tertiary/aromatic N) is 3. The summed E-state index contributed by atoms with van der Waals surface area (Å²) in [6.07, 6.45) is 0.139. The van der Waals surface area contributed by atoms with Crippen molar-refractivity contribution in [2.45, 2.75) is 46.8 Å². The number of rotatable bonds is 5. The van der Waals surface area contributed by atoms with Crippen LogP contribution >= 0.6 is 0 Å². The summed E-state index contributed by atoms with van der Waals surface area (Å²) < 4.78 is 20.9. The van der Waals surface area contributed by atoms with Crippen LogP contribution in [0, 0.1) is 25.6 Å². The summed E-state index contributed by atoms with van der Waals surface area (Å²) in [7, 11) is 0. The second kappa shape index (κ2) is 8.21. The standard InChI is InChI=1S/C21H28FN3O2/c1-14(2)12-25-16(4)19(15(3)23-25)11-21(26)24-9-10-27-20(13-24)17-5-7-18(22)8-6-17/h5-8,14,20H,9-13H2,1-4H3. The Hall–Kier alpha value is -2.21. The van der Waals surface area contributed by atoms with E-state index in [4.69, 9.17) is 4.74 Å². The second-order valence-corrected chi connectivity index (χ2v) is 7.65. The zero-order valence-electron chi connectivity index (χ0n) is 16.5. The molecule has 1 amide bonds. The van der Waals surface area contributed by atoms with E-state index in [1.54, 1.807) is 12.1 Å². The van der Waals surface area contributed by atoms with Crippen LogP contribution in [0.3, 0.4) is 0 Å². The van der Waals surface area contributed by atoms with Gasteiger partial charge in [-0.1, -0.05) is 26.0 Å². The van der Waals surface area contributed by atoms with Crippen molar-refractivity contribution in [1.82, 2.24) is 14.7 Å². The van der Waals surface area contributed by atoms with Gasteiger partial charge in [0.05, 0.1) is 25.3 Å². The third-order valence-electron chi connectivity index (χ3n) is 5.06. The molecule has 2 aromatic rings. The Morgan fingerprint density at radius 1 is 1.30 bits per heavy atom. The lowest BCUT2D eigenvalue weighted by molar-refractivity contribution is -0.138. The van der Waals surface area contributed by atoms with Gasteiger partial charge < -0.3 is 9.64 Å². The number of hydrogen-bond acceptors (Lipinski definition) is 3. The van der Waals surface area contributed by atoms with E-state index in [1.165, 1.54) is 12.1 Å². The van der Waals surface area contributed by atoms with Crippen LogP contribution in [0.15, 0.2) is 24.3 Å². The van der Waals surface area contributed by atoms with Gasteiger partial charge in [-0.3, -0.25) is 9.48 Å². The molecule has 1 unspecified atom stereocenters. The van der Waals surface area contributed by atoms with Crippen molar-refractivity contribution in [2.75, 3.05) is 19.7 Å². The maximum Gasteiger partial charge on any atom is 0.227 e. The molecule has 3 rings (SSSR count). The Morgan fingerprint density at radius 2 is 2.00 bits per heavy atom. The van der Waals surface area contributed by atoms with Gasteiger partial charge in [-0.25, -0.2) is 4.39 Å². The van der Waals surface area contributed by atoms with E-state index in [2.05, 4.69) is 18.9 Å². The highest BCUT2D eigenvalue weighted by Gasteiger charge is 2.27. The molecule has 146 valence electrons. The van der Waals surface area contributed by atoms with Crippen molar-refractivity contribution < 1.29 is 13.9 Å². The van der Waals surface area contributed by atoms with Gasteiger partial charge in [0.15, 0.2) is 0 Å². The fraction of sp³-hybridized carbons (Fsp3) is 0.524. The molecule has 0 aliphatic carbocycles. The molecule has 1 aromatic heterocycles. The minimum atomic E-state index is -0.271. The summed E-state index contributed by atoms with van der Waals surface area (Å²) in [6, 6.07) is 6.29. The van der Waals surface area contributed by atoms with Crippen molar-refractivity contribution in [3.63, 3.8) is 0 Å². The summed E-state index contributed by atoms with van der Waals surface area (Å²) in [5.41, 5.74) is 3.90. The molecule has 5 nitrogen and oxygen atoms in total. The highest BCUT2D eigenvalue weighted by Crippen LogP contribution is 2.24. The maximum atomic E-state index is 13.1. The zero-order valence-corrected chi connectivity index (χ0v) is 16.5. The topological polar surface area (TPSA) is 47.4 Å². The Labute approximate surface area is 160 Å². The van der Waals surface area contributed by atoms with Crippen LogP contribution in [0.2, 0.25) is 0 Å². The van der Waals surface area contributed by atoms with Gasteiger partial charge in [-0.05, 0) is 37.5 Å². The van der Waals surface area contributed by atoms with Gasteiger partial charge >= 0.3 is 0 Å². The molecule has 0 spiro atoms. The number of benzene rings is 1. The average molecular weight is 373 g/mol. The van der Waals surface area contributed by atoms with Gasteiger partial charge in [0, 0.05) is 24.3 Å². The van der Waals surface area contributed by atoms with E-state index in [9.17, 15) is 9.18 Å². The first-order valence-corrected chi connectivity index (χ1v) is 9.53. The largest absolute Gasteiger partial charge is 0.370 e. The first-order chi connectivity index (χ1) is 12.8. The van der Waals surface area contributed by atoms with Crippen molar-refractivity contribution in [1.29, 1.82) is 0 Å². The van der Waals surface area contributed by atoms with Gasteiger partial charge in [0.25, 0.3) is 0 Å². The molecule has 1 aliphatic heterocycles. The molecular weight excluding hydrogens is 345 g/mol. The predicted octanol–water partition coefficient (Wildman–Crippen LogP) is 3.44. The molecule has 1 atom stereocenters. The average Bonchev–Trinajstić information content (AvgIpc) is 2.89. The van der Waals surface area contributed by atoms with Crippen molar-refractivity contribution in [3.05, 3.63) is 52.6 Å². The van der Waals surface area contributed by atoms with Crippen LogP contribution in [0.5, 0.6) is 0 Å². The first-order valence-electron chi connectivity index (χ1n) is 9.53. The summed E-state index contributed by atoms with van der Waals surface area (Å²) in [5.74, 6) is 0.315. The van der Waals surface area contributed by atoms with E-state index < -0.39 is 0 Å². The predicted molar refractivity (Wildman–Crippen MR) is 102 cm³/mol. The van der Waals surface area contributed by atoms with Crippen LogP contribution < -0.4 is 0 Å². The van der Waals surface area contributed by atoms with E-state index >= 15 is 0 Å². The Bertz CT molecular complexity index is 799. The van der Waals surface area contributed by atoms with Crippen LogP contribution in [0.4, 0.5) is 4.39 Å². The highest BCUT2D eigenvalue weighted by atomic mass is 19.1.